The van der Waals surface area contributed by atoms with Crippen LogP contribution in [0.25, 0.3) is 0 Å². The number of hydrogen-bond acceptors (Lipinski definition) is 7. The molecule has 0 aliphatic carbocycles. The van der Waals surface area contributed by atoms with Crippen molar-refractivity contribution in [2.75, 3.05) is 7.11 Å². The van der Waals surface area contributed by atoms with E-state index >= 15 is 0 Å². The number of rotatable bonds is 4. The van der Waals surface area contributed by atoms with Crippen LogP contribution >= 0.6 is 12.2 Å². The van der Waals surface area contributed by atoms with Crippen molar-refractivity contribution in [3.8, 4) is 5.75 Å². The highest BCUT2D eigenvalue weighted by atomic mass is 32.1. The number of aromatic amines is 1. The summed E-state index contributed by atoms with van der Waals surface area (Å²) >= 11 is 4.83. The highest BCUT2D eigenvalue weighted by Gasteiger charge is 2.09. The number of esters is 2. The van der Waals surface area contributed by atoms with Crippen LogP contribution in [-0.2, 0) is 16.1 Å². The molecule has 0 fully saturated rings. The van der Waals surface area contributed by atoms with Crippen LogP contribution in [0, 0.1) is 4.77 Å². The third-order valence-corrected chi connectivity index (χ3v) is 2.63. The standard InChI is InChI=1S/C11H10N4O4S/c1-18-10(17)7-2-4-8(5-3-7)19-9(16)6-15-11(20)12-13-14-15/h2-5H,6H2,1H3,(H,12,14,20). The Kier molecular flexibility index (Phi) is 4.20. The molecule has 2 aromatic rings. The smallest absolute Gasteiger partial charge is 0.337 e. The molecule has 0 bridgehead atoms. The monoisotopic (exact) mass is 294 g/mol. The Labute approximate surface area is 118 Å². The van der Waals surface area contributed by atoms with Gasteiger partial charge in [-0.2, -0.15) is 5.21 Å². The predicted molar refractivity (Wildman–Crippen MR) is 68.6 cm³/mol. The second kappa shape index (κ2) is 6.06. The van der Waals surface area contributed by atoms with Crippen molar-refractivity contribution in [3.63, 3.8) is 0 Å². The summed E-state index contributed by atoms with van der Waals surface area (Å²) in [6.07, 6.45) is 0. The summed E-state index contributed by atoms with van der Waals surface area (Å²) < 4.78 is 11.1. The van der Waals surface area contributed by atoms with Crippen LogP contribution in [0.1, 0.15) is 10.4 Å². The lowest BCUT2D eigenvalue weighted by Gasteiger charge is -2.05. The van der Waals surface area contributed by atoms with Gasteiger partial charge in [0.2, 0.25) is 4.77 Å². The van der Waals surface area contributed by atoms with E-state index in [0.29, 0.717) is 11.3 Å². The number of aromatic nitrogens is 4. The van der Waals surface area contributed by atoms with Gasteiger partial charge in [-0.25, -0.2) is 14.3 Å². The zero-order chi connectivity index (χ0) is 14.5. The van der Waals surface area contributed by atoms with E-state index < -0.39 is 11.9 Å². The number of methoxy groups -OCH3 is 1. The van der Waals surface area contributed by atoms with E-state index in [0.717, 1.165) is 0 Å². The molecule has 8 nitrogen and oxygen atoms in total. The molecule has 0 aliphatic rings. The van der Waals surface area contributed by atoms with Crippen LogP contribution in [0.3, 0.4) is 0 Å². The Morgan fingerprint density at radius 2 is 2.05 bits per heavy atom. The topological polar surface area (TPSA) is 99.1 Å². The van der Waals surface area contributed by atoms with E-state index in [1.807, 2.05) is 0 Å². The van der Waals surface area contributed by atoms with Crippen molar-refractivity contribution < 1.29 is 19.1 Å². The number of nitrogens with one attached hydrogen (secondary N) is 1. The minimum Gasteiger partial charge on any atom is -0.465 e. The van der Waals surface area contributed by atoms with E-state index in [9.17, 15) is 9.59 Å². The second-order valence-electron chi connectivity index (χ2n) is 3.66. The van der Waals surface area contributed by atoms with Gasteiger partial charge in [0.15, 0.2) is 0 Å². The fourth-order valence-electron chi connectivity index (χ4n) is 1.39. The number of carbonyl (C=O) groups excluding carboxylic acids is 2. The third-order valence-electron chi connectivity index (χ3n) is 2.33. The van der Waals surface area contributed by atoms with Gasteiger partial charge in [-0.1, -0.05) is 10.3 Å². The molecule has 20 heavy (non-hydrogen) atoms. The quantitative estimate of drug-likeness (QED) is 0.504. The normalized spacial score (nSPS) is 10.1. The molecule has 1 aromatic heterocycles. The molecule has 0 unspecified atom stereocenters. The first-order chi connectivity index (χ1) is 9.60. The van der Waals surface area contributed by atoms with Crippen molar-refractivity contribution in [1.29, 1.82) is 0 Å². The summed E-state index contributed by atoms with van der Waals surface area (Å²) in [5, 5.41) is 9.42. The Morgan fingerprint density at radius 1 is 1.35 bits per heavy atom. The van der Waals surface area contributed by atoms with Gasteiger partial charge in [-0.3, -0.25) is 0 Å². The minimum absolute atomic E-state index is 0.134. The van der Waals surface area contributed by atoms with Crippen molar-refractivity contribution in [3.05, 3.63) is 34.6 Å². The zero-order valence-electron chi connectivity index (χ0n) is 10.4. The molecule has 0 saturated heterocycles. The number of H-pyrrole nitrogens is 1. The van der Waals surface area contributed by atoms with E-state index in [-0.39, 0.29) is 11.3 Å². The molecular formula is C11H10N4O4S. The highest BCUT2D eigenvalue weighted by molar-refractivity contribution is 7.71. The Morgan fingerprint density at radius 3 is 2.60 bits per heavy atom. The van der Waals surface area contributed by atoms with Gasteiger partial charge in [-0.05, 0) is 36.5 Å². The maximum atomic E-state index is 11.7. The predicted octanol–water partition coefficient (Wildman–Crippen LogP) is 0.728. The lowest BCUT2D eigenvalue weighted by Crippen LogP contribution is -2.17. The van der Waals surface area contributed by atoms with E-state index in [4.69, 9.17) is 17.0 Å². The number of carbonyl (C=O) groups is 2. The molecule has 0 amide bonds. The third kappa shape index (κ3) is 3.26. The fraction of sp³-hybridized carbons (Fsp3) is 0.182. The van der Waals surface area contributed by atoms with Gasteiger partial charge in [-0.15, -0.1) is 0 Å². The lowest BCUT2D eigenvalue weighted by atomic mass is 10.2. The van der Waals surface area contributed by atoms with Crippen LogP contribution in [0.5, 0.6) is 5.75 Å². The molecule has 0 saturated carbocycles. The fourth-order valence-corrected chi connectivity index (χ4v) is 1.53. The molecule has 0 atom stereocenters. The average molecular weight is 294 g/mol. The number of ether oxygens (including phenoxy) is 2. The second-order valence-corrected chi connectivity index (χ2v) is 4.02. The highest BCUT2D eigenvalue weighted by Crippen LogP contribution is 2.13. The lowest BCUT2D eigenvalue weighted by molar-refractivity contribution is -0.135. The van der Waals surface area contributed by atoms with Gasteiger partial charge in [0.1, 0.15) is 12.3 Å². The number of benzene rings is 1. The van der Waals surface area contributed by atoms with Crippen LogP contribution in [0.4, 0.5) is 0 Å². The van der Waals surface area contributed by atoms with Gasteiger partial charge in [0, 0.05) is 0 Å². The van der Waals surface area contributed by atoms with E-state index in [1.54, 1.807) is 0 Å². The van der Waals surface area contributed by atoms with Crippen LogP contribution < -0.4 is 4.74 Å². The maximum Gasteiger partial charge on any atom is 0.337 e. The van der Waals surface area contributed by atoms with Crippen molar-refractivity contribution in [2.24, 2.45) is 0 Å². The largest absolute Gasteiger partial charge is 0.465 e. The first kappa shape index (κ1) is 13.9. The van der Waals surface area contributed by atoms with Gasteiger partial charge >= 0.3 is 11.9 Å². The van der Waals surface area contributed by atoms with Crippen molar-refractivity contribution in [2.45, 2.75) is 6.54 Å². The van der Waals surface area contributed by atoms with Crippen LogP contribution in [0.2, 0.25) is 0 Å². The molecular weight excluding hydrogens is 284 g/mol. The molecule has 1 aromatic carbocycles. The number of tetrazole rings is 1. The van der Waals surface area contributed by atoms with Crippen LogP contribution in [-0.4, -0.2) is 39.3 Å². The van der Waals surface area contributed by atoms with Gasteiger partial charge in [0.05, 0.1) is 12.7 Å². The maximum absolute atomic E-state index is 11.7. The Hall–Kier alpha value is -2.55. The molecule has 0 aliphatic heterocycles. The molecule has 104 valence electrons. The summed E-state index contributed by atoms with van der Waals surface area (Å²) in [5.74, 6) is -0.697. The first-order valence-corrected chi connectivity index (χ1v) is 5.88. The van der Waals surface area contributed by atoms with E-state index in [2.05, 4.69) is 20.3 Å². The Balaban J connectivity index is 1.99. The number of nitrogens with zero attached hydrogens (tertiary/aromatic N) is 3. The van der Waals surface area contributed by atoms with Crippen molar-refractivity contribution in [1.82, 2.24) is 20.2 Å². The SMILES string of the molecule is COC(=O)c1ccc(OC(=O)Cn2[nH]nnc2=S)cc1. The summed E-state index contributed by atoms with van der Waals surface area (Å²) in [4.78, 5) is 22.9. The molecule has 1 N–H and O–H groups in total. The summed E-state index contributed by atoms with van der Waals surface area (Å²) in [6.45, 7) is -0.134. The summed E-state index contributed by atoms with van der Waals surface area (Å²) in [7, 11) is 1.29. The average Bonchev–Trinajstić information content (AvgIpc) is 2.84. The Bertz CT molecular complexity index is 676. The van der Waals surface area contributed by atoms with Gasteiger partial charge in [0.25, 0.3) is 0 Å². The molecule has 1 heterocycles. The zero-order valence-corrected chi connectivity index (χ0v) is 11.2. The molecule has 2 rings (SSSR count). The van der Waals surface area contributed by atoms with Crippen molar-refractivity contribution >= 4 is 24.2 Å². The summed E-state index contributed by atoms with van der Waals surface area (Å²) in [6, 6.07) is 5.99. The molecule has 0 radical (unpaired) electrons. The molecule has 0 spiro atoms. The van der Waals surface area contributed by atoms with E-state index in [1.165, 1.54) is 36.1 Å². The van der Waals surface area contributed by atoms with Gasteiger partial charge < -0.3 is 9.47 Å². The summed E-state index contributed by atoms with van der Waals surface area (Å²) in [5.41, 5.74) is 0.368. The number of hydrogen-bond donors (Lipinski definition) is 1. The molecule has 9 heteroatoms. The first-order valence-electron chi connectivity index (χ1n) is 5.47. The van der Waals surface area contributed by atoms with Crippen LogP contribution in [0.15, 0.2) is 24.3 Å². The minimum atomic E-state index is -0.544.